The van der Waals surface area contributed by atoms with Crippen molar-refractivity contribution in [3.63, 3.8) is 0 Å². The molecule has 1 aliphatic rings. The molecule has 1 saturated heterocycles. The summed E-state index contributed by atoms with van der Waals surface area (Å²) in [6.45, 7) is 0.348. The van der Waals surface area contributed by atoms with Crippen molar-refractivity contribution < 1.29 is 14.4 Å². The minimum Gasteiger partial charge on any atom is -0.355 e. The van der Waals surface area contributed by atoms with E-state index in [1.54, 1.807) is 19.2 Å². The Balaban J connectivity index is 1.83. The first-order valence-electron chi connectivity index (χ1n) is 6.93. The number of hydrogen-bond donors (Lipinski definition) is 2. The van der Waals surface area contributed by atoms with Gasteiger partial charge in [-0.05, 0) is 18.6 Å². The van der Waals surface area contributed by atoms with E-state index in [0.717, 1.165) is 0 Å². The minimum atomic E-state index is -0.239. The van der Waals surface area contributed by atoms with Crippen LogP contribution in [-0.2, 0) is 14.4 Å². The number of likely N-dealkylation sites (N-methyl/N-ethyl adjacent to an activating group) is 1. The van der Waals surface area contributed by atoms with E-state index in [9.17, 15) is 14.4 Å². The summed E-state index contributed by atoms with van der Waals surface area (Å²) in [5.74, 6) is -0.615. The molecular formula is C15H19N3O3. The van der Waals surface area contributed by atoms with Crippen LogP contribution < -0.4 is 10.6 Å². The molecule has 0 aliphatic carbocycles. The van der Waals surface area contributed by atoms with Gasteiger partial charge in [0.2, 0.25) is 17.7 Å². The SMILES string of the molecule is CN(CC(=O)Nc1ccccc1)C(=O)C1CCC(=O)NC1. The Morgan fingerprint density at radius 3 is 2.67 bits per heavy atom. The molecule has 3 amide bonds. The Kier molecular flexibility index (Phi) is 4.92. The summed E-state index contributed by atoms with van der Waals surface area (Å²) < 4.78 is 0. The van der Waals surface area contributed by atoms with Crippen LogP contribution in [-0.4, -0.2) is 42.8 Å². The smallest absolute Gasteiger partial charge is 0.243 e. The zero-order chi connectivity index (χ0) is 15.2. The van der Waals surface area contributed by atoms with Gasteiger partial charge in [-0.25, -0.2) is 0 Å². The van der Waals surface area contributed by atoms with Crippen LogP contribution in [0.2, 0.25) is 0 Å². The number of piperidine rings is 1. The summed E-state index contributed by atoms with van der Waals surface area (Å²) in [4.78, 5) is 36.6. The maximum absolute atomic E-state index is 12.2. The predicted octanol–water partition coefficient (Wildman–Crippen LogP) is 0.610. The van der Waals surface area contributed by atoms with Crippen molar-refractivity contribution in [2.75, 3.05) is 25.5 Å². The number of carbonyl (C=O) groups is 3. The van der Waals surface area contributed by atoms with E-state index in [1.807, 2.05) is 18.2 Å². The minimum absolute atomic E-state index is 0.00181. The molecule has 1 aromatic rings. The Labute approximate surface area is 123 Å². The molecule has 1 heterocycles. The molecule has 1 fully saturated rings. The number of nitrogens with zero attached hydrogens (tertiary/aromatic N) is 1. The molecule has 1 aliphatic heterocycles. The van der Waals surface area contributed by atoms with Gasteiger partial charge < -0.3 is 15.5 Å². The summed E-state index contributed by atoms with van der Waals surface area (Å²) in [6.07, 6.45) is 0.899. The first-order chi connectivity index (χ1) is 10.1. The Bertz CT molecular complexity index is 520. The maximum Gasteiger partial charge on any atom is 0.243 e. The molecule has 6 nitrogen and oxygen atoms in total. The number of benzene rings is 1. The molecular weight excluding hydrogens is 270 g/mol. The summed E-state index contributed by atoms with van der Waals surface area (Å²) in [6, 6.07) is 9.10. The Hall–Kier alpha value is -2.37. The highest BCUT2D eigenvalue weighted by Crippen LogP contribution is 2.13. The summed E-state index contributed by atoms with van der Waals surface area (Å²) in [5, 5.41) is 5.41. The quantitative estimate of drug-likeness (QED) is 0.852. The van der Waals surface area contributed by atoms with Gasteiger partial charge in [0.15, 0.2) is 0 Å². The fourth-order valence-corrected chi connectivity index (χ4v) is 2.27. The molecule has 21 heavy (non-hydrogen) atoms. The van der Waals surface area contributed by atoms with Crippen LogP contribution in [0.1, 0.15) is 12.8 Å². The van der Waals surface area contributed by atoms with Crippen molar-refractivity contribution in [2.24, 2.45) is 5.92 Å². The van der Waals surface area contributed by atoms with Gasteiger partial charge in [0, 0.05) is 25.7 Å². The number of amides is 3. The molecule has 0 spiro atoms. The second-order valence-corrected chi connectivity index (χ2v) is 5.15. The maximum atomic E-state index is 12.2. The van der Waals surface area contributed by atoms with E-state index in [0.29, 0.717) is 25.1 Å². The first kappa shape index (κ1) is 15.0. The van der Waals surface area contributed by atoms with Crippen LogP contribution in [0, 0.1) is 5.92 Å². The highest BCUT2D eigenvalue weighted by atomic mass is 16.2. The van der Waals surface area contributed by atoms with Crippen LogP contribution in [0.3, 0.4) is 0 Å². The molecule has 0 bridgehead atoms. The summed E-state index contributed by atoms with van der Waals surface area (Å²) in [7, 11) is 1.60. The number of para-hydroxylation sites is 1. The Morgan fingerprint density at radius 1 is 1.33 bits per heavy atom. The standard InChI is InChI=1S/C15H19N3O3/c1-18(15(21)11-7-8-13(19)16-9-11)10-14(20)17-12-5-3-2-4-6-12/h2-6,11H,7-10H2,1H3,(H,16,19)(H,17,20). The molecule has 2 rings (SSSR count). The molecule has 0 radical (unpaired) electrons. The topological polar surface area (TPSA) is 78.5 Å². The lowest BCUT2D eigenvalue weighted by Crippen LogP contribution is -2.45. The molecule has 1 aromatic carbocycles. The van der Waals surface area contributed by atoms with Gasteiger partial charge in [-0.2, -0.15) is 0 Å². The van der Waals surface area contributed by atoms with E-state index in [1.165, 1.54) is 4.90 Å². The van der Waals surface area contributed by atoms with Crippen molar-refractivity contribution in [2.45, 2.75) is 12.8 Å². The average molecular weight is 289 g/mol. The second kappa shape index (κ2) is 6.88. The van der Waals surface area contributed by atoms with Gasteiger partial charge >= 0.3 is 0 Å². The van der Waals surface area contributed by atoms with Gasteiger partial charge in [-0.1, -0.05) is 18.2 Å². The van der Waals surface area contributed by atoms with E-state index in [4.69, 9.17) is 0 Å². The van der Waals surface area contributed by atoms with E-state index >= 15 is 0 Å². The fraction of sp³-hybridized carbons (Fsp3) is 0.400. The van der Waals surface area contributed by atoms with Crippen molar-refractivity contribution >= 4 is 23.4 Å². The Morgan fingerprint density at radius 2 is 2.05 bits per heavy atom. The third kappa shape index (κ3) is 4.30. The molecule has 1 unspecified atom stereocenters. The molecule has 0 aromatic heterocycles. The number of nitrogens with one attached hydrogen (secondary N) is 2. The van der Waals surface area contributed by atoms with E-state index in [2.05, 4.69) is 10.6 Å². The number of carbonyl (C=O) groups excluding carboxylic acids is 3. The largest absolute Gasteiger partial charge is 0.355 e. The highest BCUT2D eigenvalue weighted by molar-refractivity contribution is 5.95. The van der Waals surface area contributed by atoms with Gasteiger partial charge in [-0.15, -0.1) is 0 Å². The van der Waals surface area contributed by atoms with Gasteiger partial charge in [0.05, 0.1) is 12.5 Å². The monoisotopic (exact) mass is 289 g/mol. The third-order valence-electron chi connectivity index (χ3n) is 3.43. The normalized spacial score (nSPS) is 17.8. The predicted molar refractivity (Wildman–Crippen MR) is 78.4 cm³/mol. The lowest BCUT2D eigenvalue weighted by molar-refractivity contribution is -0.138. The number of hydrogen-bond acceptors (Lipinski definition) is 3. The molecule has 6 heteroatoms. The van der Waals surface area contributed by atoms with Gasteiger partial charge in [-0.3, -0.25) is 14.4 Å². The zero-order valence-corrected chi connectivity index (χ0v) is 12.0. The van der Waals surface area contributed by atoms with Crippen LogP contribution in [0.15, 0.2) is 30.3 Å². The first-order valence-corrected chi connectivity index (χ1v) is 6.93. The van der Waals surface area contributed by atoms with Crippen LogP contribution in [0.4, 0.5) is 5.69 Å². The lowest BCUT2D eigenvalue weighted by Gasteiger charge is -2.26. The zero-order valence-electron chi connectivity index (χ0n) is 12.0. The fourth-order valence-electron chi connectivity index (χ4n) is 2.27. The highest BCUT2D eigenvalue weighted by Gasteiger charge is 2.27. The van der Waals surface area contributed by atoms with Gasteiger partial charge in [0.1, 0.15) is 0 Å². The van der Waals surface area contributed by atoms with Crippen LogP contribution in [0.5, 0.6) is 0 Å². The molecule has 1 atom stereocenters. The number of anilines is 1. The lowest BCUT2D eigenvalue weighted by atomic mass is 9.98. The summed E-state index contributed by atoms with van der Waals surface area (Å²) >= 11 is 0. The van der Waals surface area contributed by atoms with Gasteiger partial charge in [0.25, 0.3) is 0 Å². The second-order valence-electron chi connectivity index (χ2n) is 5.15. The van der Waals surface area contributed by atoms with Crippen LogP contribution in [0.25, 0.3) is 0 Å². The van der Waals surface area contributed by atoms with Crippen molar-refractivity contribution in [1.29, 1.82) is 0 Å². The van der Waals surface area contributed by atoms with Crippen LogP contribution >= 0.6 is 0 Å². The van der Waals surface area contributed by atoms with Crippen molar-refractivity contribution in [3.05, 3.63) is 30.3 Å². The van der Waals surface area contributed by atoms with E-state index < -0.39 is 0 Å². The van der Waals surface area contributed by atoms with Crippen molar-refractivity contribution in [3.8, 4) is 0 Å². The molecule has 2 N–H and O–H groups in total. The average Bonchev–Trinajstić information content (AvgIpc) is 2.48. The molecule has 112 valence electrons. The van der Waals surface area contributed by atoms with E-state index in [-0.39, 0.29) is 30.2 Å². The number of rotatable bonds is 4. The molecule has 0 saturated carbocycles. The summed E-state index contributed by atoms with van der Waals surface area (Å²) in [5.41, 5.74) is 0.702. The van der Waals surface area contributed by atoms with Crippen molar-refractivity contribution in [1.82, 2.24) is 10.2 Å². The third-order valence-corrected chi connectivity index (χ3v) is 3.43.